The van der Waals surface area contributed by atoms with E-state index in [-0.39, 0.29) is 37.5 Å². The number of alkyl halides is 6. The molecule has 0 saturated heterocycles. The SMILES string of the molecule is CC1CCC(C(C2CCCC(C)C2)(C(F)(F)F)C(F)(F)F)CC1. The summed E-state index contributed by atoms with van der Waals surface area (Å²) in [4.78, 5) is 0. The van der Waals surface area contributed by atoms with E-state index in [9.17, 15) is 26.3 Å². The normalized spacial score (nSPS) is 34.4. The van der Waals surface area contributed by atoms with Crippen molar-refractivity contribution in [2.75, 3.05) is 0 Å². The fourth-order valence-corrected chi connectivity index (χ4v) is 4.98. The van der Waals surface area contributed by atoms with Crippen molar-refractivity contribution in [3.63, 3.8) is 0 Å². The molecular weight excluding hydrogens is 318 g/mol. The average molecular weight is 344 g/mol. The minimum Gasteiger partial charge on any atom is -0.170 e. The molecule has 0 nitrogen and oxygen atoms in total. The molecule has 0 bridgehead atoms. The molecule has 0 N–H and O–H groups in total. The zero-order chi connectivity index (χ0) is 17.5. The molecule has 2 fully saturated rings. The third-order valence-electron chi connectivity index (χ3n) is 6.18. The van der Waals surface area contributed by atoms with Crippen LogP contribution in [0.2, 0.25) is 0 Å². The van der Waals surface area contributed by atoms with Crippen molar-refractivity contribution < 1.29 is 26.3 Å². The van der Waals surface area contributed by atoms with Gasteiger partial charge in [0.2, 0.25) is 0 Å². The molecule has 0 aromatic rings. The lowest BCUT2D eigenvalue weighted by atomic mass is 9.56. The summed E-state index contributed by atoms with van der Waals surface area (Å²) in [6, 6.07) is 0. The molecule has 6 heteroatoms. The maximum absolute atomic E-state index is 13.9. The van der Waals surface area contributed by atoms with E-state index in [0.717, 1.165) is 6.42 Å². The van der Waals surface area contributed by atoms with Gasteiger partial charge in [0.25, 0.3) is 0 Å². The van der Waals surface area contributed by atoms with Crippen LogP contribution in [0.1, 0.15) is 65.2 Å². The first-order chi connectivity index (χ1) is 10.5. The van der Waals surface area contributed by atoms with Crippen LogP contribution in [0, 0.1) is 29.1 Å². The Morgan fingerprint density at radius 2 is 1.13 bits per heavy atom. The van der Waals surface area contributed by atoms with E-state index in [1.165, 1.54) is 0 Å². The standard InChI is InChI=1S/C17H26F6/c1-11-6-8-13(9-7-11)15(16(18,19)20,17(21,22)23)14-5-3-4-12(2)10-14/h11-14H,3-10H2,1-2H3. The van der Waals surface area contributed by atoms with Gasteiger partial charge in [-0.25, -0.2) is 0 Å². The molecule has 2 saturated carbocycles. The lowest BCUT2D eigenvalue weighted by molar-refractivity contribution is -0.382. The molecule has 0 aromatic heterocycles. The summed E-state index contributed by atoms with van der Waals surface area (Å²) < 4.78 is 83.7. The van der Waals surface area contributed by atoms with Gasteiger partial charge in [0.05, 0.1) is 0 Å². The molecule has 23 heavy (non-hydrogen) atoms. The third kappa shape index (κ3) is 3.37. The number of halogens is 6. The predicted molar refractivity (Wildman–Crippen MR) is 76.8 cm³/mol. The number of rotatable bonds is 2. The summed E-state index contributed by atoms with van der Waals surface area (Å²) in [6.45, 7) is 3.67. The Morgan fingerprint density at radius 1 is 0.609 bits per heavy atom. The highest BCUT2D eigenvalue weighted by Crippen LogP contribution is 2.65. The second-order valence-corrected chi connectivity index (χ2v) is 7.79. The average Bonchev–Trinajstić information content (AvgIpc) is 2.38. The minimum absolute atomic E-state index is 0.0328. The Labute approximate surface area is 134 Å². The highest BCUT2D eigenvalue weighted by atomic mass is 19.4. The maximum Gasteiger partial charge on any atom is 0.403 e. The van der Waals surface area contributed by atoms with E-state index in [1.807, 2.05) is 6.92 Å². The van der Waals surface area contributed by atoms with Crippen molar-refractivity contribution >= 4 is 0 Å². The molecule has 0 amide bonds. The van der Waals surface area contributed by atoms with Crippen LogP contribution in [0.5, 0.6) is 0 Å². The smallest absolute Gasteiger partial charge is 0.170 e. The monoisotopic (exact) mass is 344 g/mol. The van der Waals surface area contributed by atoms with Gasteiger partial charge in [-0.2, -0.15) is 26.3 Å². The van der Waals surface area contributed by atoms with Crippen molar-refractivity contribution in [1.29, 1.82) is 0 Å². The van der Waals surface area contributed by atoms with Gasteiger partial charge in [-0.1, -0.05) is 39.5 Å². The first-order valence-corrected chi connectivity index (χ1v) is 8.63. The van der Waals surface area contributed by atoms with Crippen molar-refractivity contribution in [3.05, 3.63) is 0 Å². The van der Waals surface area contributed by atoms with E-state index in [1.54, 1.807) is 6.92 Å². The van der Waals surface area contributed by atoms with Crippen LogP contribution in [0.15, 0.2) is 0 Å². The molecule has 2 aliphatic rings. The second kappa shape index (κ2) is 6.47. The molecule has 0 aromatic carbocycles. The maximum atomic E-state index is 13.9. The quantitative estimate of drug-likeness (QED) is 0.486. The number of hydrogen-bond acceptors (Lipinski definition) is 0. The molecule has 0 spiro atoms. The predicted octanol–water partition coefficient (Wildman–Crippen LogP) is 6.75. The van der Waals surface area contributed by atoms with Crippen LogP contribution in [-0.4, -0.2) is 12.4 Å². The first-order valence-electron chi connectivity index (χ1n) is 8.63. The van der Waals surface area contributed by atoms with Gasteiger partial charge < -0.3 is 0 Å². The van der Waals surface area contributed by atoms with Crippen LogP contribution >= 0.6 is 0 Å². The molecule has 136 valence electrons. The van der Waals surface area contributed by atoms with Gasteiger partial charge >= 0.3 is 12.4 Å². The van der Waals surface area contributed by atoms with E-state index in [2.05, 4.69) is 0 Å². The van der Waals surface area contributed by atoms with Crippen molar-refractivity contribution in [1.82, 2.24) is 0 Å². The Morgan fingerprint density at radius 3 is 1.57 bits per heavy atom. The third-order valence-corrected chi connectivity index (χ3v) is 6.18. The van der Waals surface area contributed by atoms with Crippen LogP contribution in [0.25, 0.3) is 0 Å². The molecule has 2 atom stereocenters. The Kier molecular flexibility index (Phi) is 5.32. The minimum atomic E-state index is -5.24. The first kappa shape index (κ1) is 18.9. The zero-order valence-electron chi connectivity index (χ0n) is 13.7. The molecule has 2 rings (SSSR count). The Balaban J connectivity index is 2.47. The van der Waals surface area contributed by atoms with E-state index >= 15 is 0 Å². The highest BCUT2D eigenvalue weighted by molar-refractivity contribution is 5.04. The molecule has 0 radical (unpaired) electrons. The zero-order valence-corrected chi connectivity index (χ0v) is 13.7. The molecule has 2 aliphatic carbocycles. The molecule has 0 aliphatic heterocycles. The van der Waals surface area contributed by atoms with Crippen molar-refractivity contribution in [3.8, 4) is 0 Å². The summed E-state index contributed by atoms with van der Waals surface area (Å²) in [6.07, 6.45) is -8.23. The van der Waals surface area contributed by atoms with Gasteiger partial charge in [0.15, 0.2) is 5.41 Å². The summed E-state index contributed by atoms with van der Waals surface area (Å²) in [5.41, 5.74) is -3.52. The van der Waals surface area contributed by atoms with Crippen molar-refractivity contribution in [2.24, 2.45) is 29.1 Å². The molecule has 0 heterocycles. The van der Waals surface area contributed by atoms with Gasteiger partial charge in [0, 0.05) is 0 Å². The summed E-state index contributed by atoms with van der Waals surface area (Å²) in [5.74, 6) is -2.50. The van der Waals surface area contributed by atoms with Gasteiger partial charge in [-0.3, -0.25) is 0 Å². The lowest BCUT2D eigenvalue weighted by Gasteiger charge is -2.51. The van der Waals surface area contributed by atoms with Crippen LogP contribution in [0.4, 0.5) is 26.3 Å². The highest BCUT2D eigenvalue weighted by Gasteiger charge is 2.76. The lowest BCUT2D eigenvalue weighted by Crippen LogP contribution is -2.60. The van der Waals surface area contributed by atoms with Crippen molar-refractivity contribution in [2.45, 2.75) is 77.6 Å². The second-order valence-electron chi connectivity index (χ2n) is 7.79. The van der Waals surface area contributed by atoms with Crippen LogP contribution < -0.4 is 0 Å². The summed E-state index contributed by atoms with van der Waals surface area (Å²) in [7, 11) is 0. The van der Waals surface area contributed by atoms with Crippen LogP contribution in [0.3, 0.4) is 0 Å². The van der Waals surface area contributed by atoms with Gasteiger partial charge in [0.1, 0.15) is 0 Å². The van der Waals surface area contributed by atoms with E-state index in [4.69, 9.17) is 0 Å². The Bertz CT molecular complexity index is 375. The number of hydrogen-bond donors (Lipinski definition) is 0. The molecule has 2 unspecified atom stereocenters. The fourth-order valence-electron chi connectivity index (χ4n) is 4.98. The van der Waals surface area contributed by atoms with E-state index in [0.29, 0.717) is 19.3 Å². The van der Waals surface area contributed by atoms with Gasteiger partial charge in [-0.15, -0.1) is 0 Å². The molecular formula is C17H26F6. The topological polar surface area (TPSA) is 0 Å². The summed E-state index contributed by atoms with van der Waals surface area (Å²) >= 11 is 0. The largest absolute Gasteiger partial charge is 0.403 e. The summed E-state index contributed by atoms with van der Waals surface area (Å²) in [5, 5.41) is 0. The van der Waals surface area contributed by atoms with E-state index < -0.39 is 29.6 Å². The van der Waals surface area contributed by atoms with Crippen LogP contribution in [-0.2, 0) is 0 Å². The fraction of sp³-hybridized carbons (Fsp3) is 1.00. The Hall–Kier alpha value is -0.420. The van der Waals surface area contributed by atoms with Gasteiger partial charge in [-0.05, 0) is 49.4 Å².